The van der Waals surface area contributed by atoms with Gasteiger partial charge in [-0.2, -0.15) is 4.39 Å². The van der Waals surface area contributed by atoms with E-state index in [2.05, 4.69) is 5.09 Å². The second-order valence-corrected chi connectivity index (χ2v) is 13.1. The van der Waals surface area contributed by atoms with Crippen LogP contribution in [-0.2, 0) is 30.6 Å². The van der Waals surface area contributed by atoms with Crippen molar-refractivity contribution < 1.29 is 46.0 Å². The van der Waals surface area contributed by atoms with Gasteiger partial charge in [-0.15, -0.1) is 0 Å². The molecule has 0 spiro atoms. The molecule has 1 aliphatic heterocycles. The standard InChI is InChI=1S/C26H28F4N3O8PS/c1-13(2)39-23(36)14(3)32-42(43,41-17-9-8-15-6-4-5-7-16(15)10-17)38-12-26(24(29)30)20(34)19(28)22(40-26)33-11-18(27)21(35)31-25(33)37/h4-11,13-14,19-20,22,24,34H,12H2,1-3H3,(H,32,43)(H,31,35,37)/t14-,19-,20-,22+,26+,42?/m0/s1. The molecule has 1 saturated heterocycles. The average molecular weight is 650 g/mol. The van der Waals surface area contributed by atoms with Gasteiger partial charge in [0.2, 0.25) is 5.82 Å². The van der Waals surface area contributed by atoms with Gasteiger partial charge in [0.1, 0.15) is 17.9 Å². The topological polar surface area (TPSA) is 141 Å². The highest BCUT2D eigenvalue weighted by Gasteiger charge is 2.62. The fourth-order valence-corrected chi connectivity index (χ4v) is 6.68. The Balaban J connectivity index is 1.66. The molecule has 234 valence electrons. The number of fused-ring (bicyclic) bond motifs is 1. The number of esters is 1. The van der Waals surface area contributed by atoms with Crippen LogP contribution in [0.4, 0.5) is 17.6 Å². The van der Waals surface area contributed by atoms with Crippen LogP contribution in [0.15, 0.2) is 58.3 Å². The number of H-pyrrole nitrogens is 1. The maximum atomic E-state index is 15.2. The number of aliphatic hydroxyl groups is 1. The number of ether oxygens (including phenoxy) is 2. The Bertz CT molecular complexity index is 1660. The summed E-state index contributed by atoms with van der Waals surface area (Å²) in [7, 11) is 0. The van der Waals surface area contributed by atoms with Crippen LogP contribution in [0.5, 0.6) is 5.75 Å². The zero-order valence-corrected chi connectivity index (χ0v) is 24.6. The second-order valence-electron chi connectivity index (χ2n) is 10.0. The van der Waals surface area contributed by atoms with Crippen molar-refractivity contribution in [2.24, 2.45) is 0 Å². The Labute approximate surface area is 246 Å². The fourth-order valence-electron chi connectivity index (χ4n) is 4.27. The number of hydrogen-bond donors (Lipinski definition) is 3. The monoisotopic (exact) mass is 649 g/mol. The lowest BCUT2D eigenvalue weighted by Gasteiger charge is -2.34. The number of nitrogens with one attached hydrogen (secondary N) is 2. The number of nitrogens with zero attached hydrogens (tertiary/aromatic N) is 1. The lowest BCUT2D eigenvalue weighted by Crippen LogP contribution is -2.52. The SMILES string of the molecule is CC(C)OC(=O)[C@H](C)NP(=S)(OC[C@@]1(C(F)F)O[C@@H](n2cc(F)c(=O)[nH]c2=O)[C@@H](F)[C@@H]1O)Oc1ccc2ccccc2c1. The Hall–Kier alpha value is -3.14. The molecule has 3 N–H and O–H groups in total. The summed E-state index contributed by atoms with van der Waals surface area (Å²) in [5.41, 5.74) is -5.95. The molecular formula is C26H28F4N3O8PS. The van der Waals surface area contributed by atoms with E-state index in [1.165, 1.54) is 13.0 Å². The first-order chi connectivity index (χ1) is 20.2. The third-order valence-electron chi connectivity index (χ3n) is 6.45. The summed E-state index contributed by atoms with van der Waals surface area (Å²) in [5, 5.41) is 14.8. The molecule has 2 aromatic carbocycles. The second kappa shape index (κ2) is 12.8. The van der Waals surface area contributed by atoms with E-state index < -0.39 is 79.0 Å². The number of halogens is 4. The van der Waals surface area contributed by atoms with E-state index in [1.807, 2.05) is 12.1 Å². The summed E-state index contributed by atoms with van der Waals surface area (Å²) in [6, 6.07) is 10.9. The molecule has 1 fully saturated rings. The normalized spacial score (nSPS) is 24.3. The molecule has 0 bridgehead atoms. The first-order valence-electron chi connectivity index (χ1n) is 12.9. The highest BCUT2D eigenvalue weighted by atomic mass is 32.5. The van der Waals surface area contributed by atoms with E-state index in [0.717, 1.165) is 10.8 Å². The smallest absolute Gasteiger partial charge is 0.330 e. The number of benzene rings is 2. The van der Waals surface area contributed by atoms with Crippen LogP contribution < -0.4 is 20.9 Å². The number of aromatic amines is 1. The summed E-state index contributed by atoms with van der Waals surface area (Å²) in [6.07, 6.45) is -11.5. The maximum Gasteiger partial charge on any atom is 0.330 e. The third kappa shape index (κ3) is 7.00. The van der Waals surface area contributed by atoms with Crippen LogP contribution in [0.2, 0.25) is 0 Å². The fraction of sp³-hybridized carbons (Fsp3) is 0.423. The minimum atomic E-state index is -4.01. The Morgan fingerprint density at radius 3 is 2.53 bits per heavy atom. The predicted octanol–water partition coefficient (Wildman–Crippen LogP) is 3.31. The molecule has 6 atom stereocenters. The Morgan fingerprint density at radius 1 is 1.21 bits per heavy atom. The van der Waals surface area contributed by atoms with Crippen molar-refractivity contribution in [3.63, 3.8) is 0 Å². The van der Waals surface area contributed by atoms with Crippen LogP contribution >= 0.6 is 6.64 Å². The van der Waals surface area contributed by atoms with Crippen molar-refractivity contribution in [1.29, 1.82) is 0 Å². The van der Waals surface area contributed by atoms with Gasteiger partial charge < -0.3 is 23.6 Å². The average Bonchev–Trinajstić information content (AvgIpc) is 3.19. The first-order valence-corrected chi connectivity index (χ1v) is 15.5. The molecule has 0 aliphatic carbocycles. The van der Waals surface area contributed by atoms with Crippen molar-refractivity contribution in [2.75, 3.05) is 6.61 Å². The summed E-state index contributed by atoms with van der Waals surface area (Å²) < 4.78 is 80.3. The van der Waals surface area contributed by atoms with E-state index in [-0.39, 0.29) is 16.5 Å². The molecule has 1 unspecified atom stereocenters. The van der Waals surface area contributed by atoms with Gasteiger partial charge in [-0.05, 0) is 55.5 Å². The minimum absolute atomic E-state index is 0.134. The number of hydrogen-bond acceptors (Lipinski definition) is 9. The number of carbonyl (C=O) groups is 1. The molecule has 43 heavy (non-hydrogen) atoms. The van der Waals surface area contributed by atoms with Crippen LogP contribution in [0, 0.1) is 5.82 Å². The quantitative estimate of drug-likeness (QED) is 0.161. The number of rotatable bonds is 11. The molecule has 11 nitrogen and oxygen atoms in total. The van der Waals surface area contributed by atoms with Gasteiger partial charge in [0.25, 0.3) is 12.0 Å². The molecule has 3 aromatic rings. The molecular weight excluding hydrogens is 621 g/mol. The van der Waals surface area contributed by atoms with E-state index in [9.17, 15) is 32.7 Å². The predicted molar refractivity (Wildman–Crippen MR) is 150 cm³/mol. The van der Waals surface area contributed by atoms with Gasteiger partial charge in [0, 0.05) is 0 Å². The lowest BCUT2D eigenvalue weighted by molar-refractivity contribution is -0.192. The minimum Gasteiger partial charge on any atom is -0.462 e. The van der Waals surface area contributed by atoms with Crippen LogP contribution in [0.3, 0.4) is 0 Å². The summed E-state index contributed by atoms with van der Waals surface area (Å²) in [6.45, 7) is -0.723. The summed E-state index contributed by atoms with van der Waals surface area (Å²) in [4.78, 5) is 37.7. The zero-order chi connectivity index (χ0) is 31.7. The van der Waals surface area contributed by atoms with Gasteiger partial charge in [0.15, 0.2) is 18.0 Å². The van der Waals surface area contributed by atoms with Crippen molar-refractivity contribution in [3.8, 4) is 5.75 Å². The van der Waals surface area contributed by atoms with Crippen molar-refractivity contribution in [1.82, 2.24) is 14.6 Å². The summed E-state index contributed by atoms with van der Waals surface area (Å²) >= 11 is 5.56. The lowest BCUT2D eigenvalue weighted by atomic mass is 9.97. The highest BCUT2D eigenvalue weighted by molar-refractivity contribution is 8.09. The van der Waals surface area contributed by atoms with Gasteiger partial charge in [-0.1, -0.05) is 30.3 Å². The molecule has 2 heterocycles. The maximum absolute atomic E-state index is 15.2. The Morgan fingerprint density at radius 2 is 1.88 bits per heavy atom. The van der Waals surface area contributed by atoms with Crippen LogP contribution in [0.1, 0.15) is 27.0 Å². The largest absolute Gasteiger partial charge is 0.462 e. The van der Waals surface area contributed by atoms with Crippen molar-refractivity contribution in [2.45, 2.75) is 63.4 Å². The van der Waals surface area contributed by atoms with Gasteiger partial charge in [0.05, 0.1) is 18.9 Å². The number of carbonyl (C=O) groups excluding carboxylic acids is 1. The zero-order valence-electron chi connectivity index (χ0n) is 22.9. The molecule has 0 radical (unpaired) electrons. The summed E-state index contributed by atoms with van der Waals surface area (Å²) in [5.74, 6) is -2.16. The van der Waals surface area contributed by atoms with Crippen molar-refractivity contribution >= 4 is 35.2 Å². The third-order valence-corrected chi connectivity index (χ3v) is 8.93. The molecule has 1 aliphatic rings. The van der Waals surface area contributed by atoms with E-state index >= 15 is 4.39 Å². The first kappa shape index (κ1) is 32.8. The number of aromatic nitrogens is 2. The van der Waals surface area contributed by atoms with Crippen LogP contribution in [-0.4, -0.2) is 63.7 Å². The van der Waals surface area contributed by atoms with Gasteiger partial charge >= 0.3 is 18.3 Å². The van der Waals surface area contributed by atoms with E-state index in [1.54, 1.807) is 43.1 Å². The Kier molecular flexibility index (Phi) is 9.79. The van der Waals surface area contributed by atoms with Crippen molar-refractivity contribution in [3.05, 3.63) is 75.3 Å². The van der Waals surface area contributed by atoms with Gasteiger partial charge in [-0.25, -0.2) is 23.1 Å². The van der Waals surface area contributed by atoms with Gasteiger partial charge in [-0.3, -0.25) is 19.1 Å². The van der Waals surface area contributed by atoms with Crippen LogP contribution in [0.25, 0.3) is 10.8 Å². The number of aliphatic hydroxyl groups excluding tert-OH is 1. The molecule has 1 aromatic heterocycles. The molecule has 0 amide bonds. The van der Waals surface area contributed by atoms with E-state index in [4.69, 9.17) is 30.3 Å². The molecule has 17 heteroatoms. The highest BCUT2D eigenvalue weighted by Crippen LogP contribution is 2.50. The molecule has 4 rings (SSSR count). The van der Waals surface area contributed by atoms with E-state index in [0.29, 0.717) is 0 Å². The molecule has 0 saturated carbocycles. The number of alkyl halides is 3.